The number of nitrogens with zero attached hydrogens (tertiary/aromatic N) is 1. The summed E-state index contributed by atoms with van der Waals surface area (Å²) in [5.41, 5.74) is 0.721. The first-order valence-corrected chi connectivity index (χ1v) is 10.0. The van der Waals surface area contributed by atoms with E-state index in [4.69, 9.17) is 4.74 Å². The first kappa shape index (κ1) is 17.8. The Bertz CT molecular complexity index is 660. The summed E-state index contributed by atoms with van der Waals surface area (Å²) in [6.07, 6.45) is 0.565. The molecule has 23 heavy (non-hydrogen) atoms. The Kier molecular flexibility index (Phi) is 6.06. The number of sulfone groups is 1. The lowest BCUT2D eigenvalue weighted by Gasteiger charge is -2.17. The van der Waals surface area contributed by atoms with E-state index in [0.29, 0.717) is 6.42 Å². The van der Waals surface area contributed by atoms with Crippen molar-refractivity contribution in [2.75, 3.05) is 35.8 Å². The van der Waals surface area contributed by atoms with E-state index in [2.05, 4.69) is 0 Å². The van der Waals surface area contributed by atoms with Gasteiger partial charge < -0.3 is 9.64 Å². The van der Waals surface area contributed by atoms with Crippen molar-refractivity contribution in [3.8, 4) is 0 Å². The summed E-state index contributed by atoms with van der Waals surface area (Å²) in [7, 11) is -1.33. The second kappa shape index (κ2) is 7.83. The van der Waals surface area contributed by atoms with Gasteiger partial charge in [0.15, 0.2) is 16.4 Å². The number of amides is 1. The van der Waals surface area contributed by atoms with Gasteiger partial charge in [0.1, 0.15) is 0 Å². The minimum Gasteiger partial charge on any atom is -0.455 e. The lowest BCUT2D eigenvalue weighted by Crippen LogP contribution is -2.31. The minimum absolute atomic E-state index is 0.0581. The van der Waals surface area contributed by atoms with Crippen LogP contribution in [0, 0.1) is 0 Å². The Morgan fingerprint density at radius 1 is 1.30 bits per heavy atom. The van der Waals surface area contributed by atoms with Crippen LogP contribution in [0.4, 0.5) is 5.69 Å². The number of carbonyl (C=O) groups is 2. The summed E-state index contributed by atoms with van der Waals surface area (Å²) < 4.78 is 27.6. The second-order valence-corrected chi connectivity index (χ2v) is 8.80. The van der Waals surface area contributed by atoms with Crippen LogP contribution in [-0.2, 0) is 24.2 Å². The molecule has 0 aromatic heterocycles. The van der Waals surface area contributed by atoms with E-state index < -0.39 is 15.8 Å². The first-order valence-electron chi connectivity index (χ1n) is 7.16. The molecule has 0 N–H and O–H groups in total. The first-order chi connectivity index (χ1) is 10.9. The average molecular weight is 357 g/mol. The van der Waals surface area contributed by atoms with E-state index in [1.807, 2.05) is 18.2 Å². The fourth-order valence-corrected chi connectivity index (χ4v) is 5.59. The van der Waals surface area contributed by atoms with Crippen molar-refractivity contribution in [3.63, 3.8) is 0 Å². The maximum absolute atomic E-state index is 12.0. The largest absolute Gasteiger partial charge is 0.455 e. The number of hydrogen-bond donors (Lipinski definition) is 0. The summed E-state index contributed by atoms with van der Waals surface area (Å²) in [5.74, 6) is -0.476. The van der Waals surface area contributed by atoms with Crippen molar-refractivity contribution >= 4 is 39.2 Å². The smallest absolute Gasteiger partial charge is 0.316 e. The number of rotatable bonds is 6. The van der Waals surface area contributed by atoms with Gasteiger partial charge in [0.05, 0.1) is 17.3 Å². The highest BCUT2D eigenvalue weighted by Crippen LogP contribution is 2.24. The number of anilines is 1. The summed E-state index contributed by atoms with van der Waals surface area (Å²) in [4.78, 5) is 25.0. The molecule has 1 aliphatic heterocycles. The summed E-state index contributed by atoms with van der Waals surface area (Å²) in [6.45, 7) is -0.326. The summed E-state index contributed by atoms with van der Waals surface area (Å²) in [5, 5.41) is -0.0600. The van der Waals surface area contributed by atoms with E-state index in [1.165, 1.54) is 16.7 Å². The zero-order valence-corrected chi connectivity index (χ0v) is 14.4. The second-order valence-electron chi connectivity index (χ2n) is 5.29. The fourth-order valence-electron chi connectivity index (χ4n) is 2.15. The number of esters is 1. The lowest BCUT2D eigenvalue weighted by molar-refractivity contribution is -0.145. The Balaban J connectivity index is 1.71. The predicted molar refractivity (Wildman–Crippen MR) is 90.3 cm³/mol. The van der Waals surface area contributed by atoms with Gasteiger partial charge in [-0.05, 0) is 18.6 Å². The van der Waals surface area contributed by atoms with Crippen LogP contribution in [0.5, 0.6) is 0 Å². The van der Waals surface area contributed by atoms with Gasteiger partial charge in [-0.15, -0.1) is 11.8 Å². The zero-order chi connectivity index (χ0) is 16.9. The summed E-state index contributed by atoms with van der Waals surface area (Å²) >= 11 is 1.27. The van der Waals surface area contributed by atoms with Crippen molar-refractivity contribution in [1.82, 2.24) is 0 Å². The van der Waals surface area contributed by atoms with Gasteiger partial charge in [-0.2, -0.15) is 0 Å². The number of para-hydroxylation sites is 1. The topological polar surface area (TPSA) is 80.8 Å². The molecule has 1 aromatic rings. The average Bonchev–Trinajstić information content (AvgIpc) is 2.89. The quantitative estimate of drug-likeness (QED) is 0.710. The third-order valence-electron chi connectivity index (χ3n) is 3.50. The highest BCUT2D eigenvalue weighted by molar-refractivity contribution is 8.02. The molecule has 1 aromatic carbocycles. The molecule has 8 heteroatoms. The highest BCUT2D eigenvalue weighted by atomic mass is 32.2. The van der Waals surface area contributed by atoms with Crippen molar-refractivity contribution in [2.24, 2.45) is 0 Å². The van der Waals surface area contributed by atoms with Crippen LogP contribution in [0.1, 0.15) is 6.42 Å². The molecule has 1 fully saturated rings. The molecule has 1 atom stereocenters. The maximum Gasteiger partial charge on any atom is 0.316 e. The molecule has 0 unspecified atom stereocenters. The highest BCUT2D eigenvalue weighted by Gasteiger charge is 2.28. The van der Waals surface area contributed by atoms with Gasteiger partial charge in [0.2, 0.25) is 0 Å². The number of carbonyl (C=O) groups excluding carboxylic acids is 2. The molecule has 1 saturated heterocycles. The van der Waals surface area contributed by atoms with Gasteiger partial charge in [-0.1, -0.05) is 18.2 Å². The molecular weight excluding hydrogens is 338 g/mol. The monoisotopic (exact) mass is 357 g/mol. The van der Waals surface area contributed by atoms with Gasteiger partial charge in [-0.3, -0.25) is 9.59 Å². The third-order valence-corrected chi connectivity index (χ3v) is 6.76. The molecular formula is C15H19NO5S2. The van der Waals surface area contributed by atoms with Crippen LogP contribution in [0.15, 0.2) is 30.3 Å². The van der Waals surface area contributed by atoms with Crippen LogP contribution in [0.2, 0.25) is 0 Å². The lowest BCUT2D eigenvalue weighted by atomic mass is 10.3. The standard InChI is InChI=1S/C15H19NO5S2/c1-16(12-5-3-2-4-6-12)14(17)9-21-15(18)10-22-13-7-8-23(19,20)11-13/h2-6,13H,7-11H2,1H3/t13-/m1/s1. The minimum atomic E-state index is -2.94. The molecule has 0 spiro atoms. The molecule has 0 aliphatic carbocycles. The summed E-state index contributed by atoms with van der Waals surface area (Å²) in [6, 6.07) is 9.06. The molecule has 0 bridgehead atoms. The van der Waals surface area contributed by atoms with E-state index in [1.54, 1.807) is 19.2 Å². The Morgan fingerprint density at radius 2 is 2.00 bits per heavy atom. The number of hydrogen-bond acceptors (Lipinski definition) is 6. The molecule has 1 aliphatic rings. The van der Waals surface area contributed by atoms with Crippen molar-refractivity contribution in [2.45, 2.75) is 11.7 Å². The van der Waals surface area contributed by atoms with Crippen LogP contribution in [-0.4, -0.2) is 56.5 Å². The van der Waals surface area contributed by atoms with Crippen molar-refractivity contribution in [1.29, 1.82) is 0 Å². The number of likely N-dealkylation sites (N-methyl/N-ethyl adjacent to an activating group) is 1. The molecule has 1 amide bonds. The molecule has 126 valence electrons. The Hall–Kier alpha value is -1.54. The molecule has 1 heterocycles. The normalized spacial score (nSPS) is 19.3. The van der Waals surface area contributed by atoms with E-state index in [0.717, 1.165) is 5.69 Å². The van der Waals surface area contributed by atoms with Gasteiger partial charge in [0, 0.05) is 18.0 Å². The van der Waals surface area contributed by atoms with E-state index >= 15 is 0 Å². The number of thioether (sulfide) groups is 1. The van der Waals surface area contributed by atoms with Crippen LogP contribution in [0.3, 0.4) is 0 Å². The fraction of sp³-hybridized carbons (Fsp3) is 0.467. The van der Waals surface area contributed by atoms with Gasteiger partial charge in [0.25, 0.3) is 5.91 Å². The molecule has 6 nitrogen and oxygen atoms in total. The van der Waals surface area contributed by atoms with Gasteiger partial charge >= 0.3 is 5.97 Å². The van der Waals surface area contributed by atoms with Crippen molar-refractivity contribution < 1.29 is 22.7 Å². The molecule has 0 saturated carbocycles. The zero-order valence-electron chi connectivity index (χ0n) is 12.8. The van der Waals surface area contributed by atoms with Crippen LogP contribution < -0.4 is 4.90 Å². The predicted octanol–water partition coefficient (Wildman–Crippen LogP) is 1.11. The van der Waals surface area contributed by atoms with E-state index in [-0.39, 0.29) is 35.0 Å². The Morgan fingerprint density at radius 3 is 2.61 bits per heavy atom. The van der Waals surface area contributed by atoms with Crippen LogP contribution >= 0.6 is 11.8 Å². The number of benzene rings is 1. The van der Waals surface area contributed by atoms with Crippen LogP contribution in [0.25, 0.3) is 0 Å². The third kappa shape index (κ3) is 5.54. The van der Waals surface area contributed by atoms with Crippen molar-refractivity contribution in [3.05, 3.63) is 30.3 Å². The van der Waals surface area contributed by atoms with E-state index in [9.17, 15) is 18.0 Å². The SMILES string of the molecule is CN(C(=O)COC(=O)CS[C@@H]1CCS(=O)(=O)C1)c1ccccc1. The molecule has 0 radical (unpaired) electrons. The maximum atomic E-state index is 12.0. The molecule has 2 rings (SSSR count). The van der Waals surface area contributed by atoms with Gasteiger partial charge in [-0.25, -0.2) is 8.42 Å². The number of ether oxygens (including phenoxy) is 1. The Labute approximate surface area is 140 Å².